The highest BCUT2D eigenvalue weighted by molar-refractivity contribution is 9.10. The number of ether oxygens (including phenoxy) is 1. The van der Waals surface area contributed by atoms with Gasteiger partial charge in [-0.15, -0.1) is 0 Å². The monoisotopic (exact) mass is 343 g/mol. The van der Waals surface area contributed by atoms with Crippen molar-refractivity contribution in [1.29, 1.82) is 0 Å². The Balaban J connectivity index is 1.96. The first kappa shape index (κ1) is 14.9. The summed E-state index contributed by atoms with van der Waals surface area (Å²) in [6.45, 7) is 2.01. The van der Waals surface area contributed by atoms with Crippen LogP contribution in [0.15, 0.2) is 22.7 Å². The largest absolute Gasteiger partial charge is 0.375 e. The maximum Gasteiger partial charge on any atom is 0.285 e. The number of nitro groups is 1. The van der Waals surface area contributed by atoms with E-state index >= 15 is 0 Å². The molecule has 8 heteroatoms. The van der Waals surface area contributed by atoms with Crippen LogP contribution in [-0.4, -0.2) is 36.6 Å². The maximum atomic E-state index is 11.8. The summed E-state index contributed by atoms with van der Waals surface area (Å²) in [6.07, 6.45) is 0.0609. The van der Waals surface area contributed by atoms with E-state index in [2.05, 4.69) is 26.6 Å². The molecule has 20 heavy (non-hydrogen) atoms. The molecule has 0 bridgehead atoms. The molecule has 1 amide bonds. The molecule has 1 fully saturated rings. The topological polar surface area (TPSA) is 93.5 Å². The Morgan fingerprint density at radius 2 is 2.40 bits per heavy atom. The maximum absolute atomic E-state index is 11.8. The number of hydrogen-bond acceptors (Lipinski definition) is 5. The minimum atomic E-state index is -0.506. The first-order valence-corrected chi connectivity index (χ1v) is 6.91. The SMILES string of the molecule is O=C(CC1CNCCO1)Nc1ccc(Br)c([N+](=O)[O-])c1. The summed E-state index contributed by atoms with van der Waals surface area (Å²) in [5.41, 5.74) is 0.312. The predicted octanol–water partition coefficient (Wildman–Crippen LogP) is 1.67. The molecule has 1 aliphatic heterocycles. The standard InChI is InChI=1S/C12H14BrN3O4/c13-10-2-1-8(5-11(10)16(18)19)15-12(17)6-9-7-14-3-4-20-9/h1-2,5,9,14H,3-4,6-7H2,(H,15,17). The average molecular weight is 344 g/mol. The third-order valence-electron chi connectivity index (χ3n) is 2.84. The van der Waals surface area contributed by atoms with Crippen molar-refractivity contribution in [2.24, 2.45) is 0 Å². The van der Waals surface area contributed by atoms with Crippen molar-refractivity contribution in [3.8, 4) is 0 Å². The van der Waals surface area contributed by atoms with Crippen LogP contribution in [0.25, 0.3) is 0 Å². The molecular formula is C12H14BrN3O4. The van der Waals surface area contributed by atoms with E-state index in [1.807, 2.05) is 0 Å². The Hall–Kier alpha value is -1.51. The Labute approximate surface area is 124 Å². The van der Waals surface area contributed by atoms with E-state index < -0.39 is 4.92 Å². The second kappa shape index (κ2) is 6.78. The average Bonchev–Trinajstić information content (AvgIpc) is 2.41. The highest BCUT2D eigenvalue weighted by Gasteiger charge is 2.18. The lowest BCUT2D eigenvalue weighted by Crippen LogP contribution is -2.40. The van der Waals surface area contributed by atoms with Crippen LogP contribution < -0.4 is 10.6 Å². The molecule has 1 aromatic rings. The molecule has 0 saturated carbocycles. The van der Waals surface area contributed by atoms with Gasteiger partial charge in [0.15, 0.2) is 0 Å². The van der Waals surface area contributed by atoms with Gasteiger partial charge in [0, 0.05) is 24.8 Å². The Morgan fingerprint density at radius 1 is 1.60 bits per heavy atom. The lowest BCUT2D eigenvalue weighted by atomic mass is 10.2. The van der Waals surface area contributed by atoms with Crippen molar-refractivity contribution in [3.05, 3.63) is 32.8 Å². The molecule has 2 rings (SSSR count). The Bertz CT molecular complexity index is 517. The number of hydrogen-bond donors (Lipinski definition) is 2. The summed E-state index contributed by atoms with van der Waals surface area (Å²) in [4.78, 5) is 22.2. The van der Waals surface area contributed by atoms with Crippen LogP contribution in [0, 0.1) is 10.1 Å². The minimum Gasteiger partial charge on any atom is -0.375 e. The zero-order valence-corrected chi connectivity index (χ0v) is 12.2. The van der Waals surface area contributed by atoms with Crippen molar-refractivity contribution in [2.75, 3.05) is 25.0 Å². The fourth-order valence-corrected chi connectivity index (χ4v) is 2.29. The van der Waals surface area contributed by atoms with Crippen LogP contribution in [-0.2, 0) is 9.53 Å². The number of rotatable bonds is 4. The lowest BCUT2D eigenvalue weighted by Gasteiger charge is -2.23. The van der Waals surface area contributed by atoms with Gasteiger partial charge < -0.3 is 15.4 Å². The number of amides is 1. The summed E-state index contributed by atoms with van der Waals surface area (Å²) in [5, 5.41) is 16.6. The number of nitro benzene ring substituents is 1. The van der Waals surface area contributed by atoms with Gasteiger partial charge in [-0.1, -0.05) is 0 Å². The fraction of sp³-hybridized carbons (Fsp3) is 0.417. The molecule has 0 aromatic heterocycles. The smallest absolute Gasteiger partial charge is 0.285 e. The van der Waals surface area contributed by atoms with Gasteiger partial charge in [0.05, 0.1) is 28.5 Å². The van der Waals surface area contributed by atoms with E-state index in [4.69, 9.17) is 4.74 Å². The first-order valence-electron chi connectivity index (χ1n) is 6.12. The molecule has 1 aromatic carbocycles. The van der Waals surface area contributed by atoms with Crippen LogP contribution in [0.4, 0.5) is 11.4 Å². The molecule has 1 heterocycles. The van der Waals surface area contributed by atoms with Gasteiger partial charge in [0.1, 0.15) is 0 Å². The van der Waals surface area contributed by atoms with Crippen LogP contribution in [0.2, 0.25) is 0 Å². The molecular weight excluding hydrogens is 330 g/mol. The van der Waals surface area contributed by atoms with Gasteiger partial charge in [-0.05, 0) is 28.1 Å². The van der Waals surface area contributed by atoms with Crippen molar-refractivity contribution in [2.45, 2.75) is 12.5 Å². The zero-order valence-electron chi connectivity index (χ0n) is 10.6. The van der Waals surface area contributed by atoms with Gasteiger partial charge in [0.25, 0.3) is 5.69 Å². The van der Waals surface area contributed by atoms with Gasteiger partial charge in [-0.2, -0.15) is 0 Å². The lowest BCUT2D eigenvalue weighted by molar-refractivity contribution is -0.385. The first-order chi connectivity index (χ1) is 9.56. The molecule has 1 saturated heterocycles. The highest BCUT2D eigenvalue weighted by Crippen LogP contribution is 2.27. The molecule has 2 N–H and O–H groups in total. The van der Waals surface area contributed by atoms with E-state index in [9.17, 15) is 14.9 Å². The molecule has 1 aliphatic rings. The number of carbonyl (C=O) groups excluding carboxylic acids is 1. The number of benzene rings is 1. The van der Waals surface area contributed by atoms with Gasteiger partial charge in [-0.3, -0.25) is 14.9 Å². The molecule has 1 atom stereocenters. The van der Waals surface area contributed by atoms with Crippen molar-refractivity contribution in [1.82, 2.24) is 5.32 Å². The molecule has 0 radical (unpaired) electrons. The predicted molar refractivity (Wildman–Crippen MR) is 76.7 cm³/mol. The third-order valence-corrected chi connectivity index (χ3v) is 3.51. The van der Waals surface area contributed by atoms with Crippen molar-refractivity contribution in [3.63, 3.8) is 0 Å². The van der Waals surface area contributed by atoms with E-state index in [1.165, 1.54) is 12.1 Å². The van der Waals surface area contributed by atoms with Crippen molar-refractivity contribution >= 4 is 33.2 Å². The second-order valence-corrected chi connectivity index (χ2v) is 5.23. The molecule has 0 spiro atoms. The molecule has 108 valence electrons. The van der Waals surface area contributed by atoms with E-state index in [0.29, 0.717) is 23.3 Å². The van der Waals surface area contributed by atoms with Crippen LogP contribution >= 0.6 is 15.9 Å². The number of halogens is 1. The summed E-state index contributed by atoms with van der Waals surface area (Å²) in [7, 11) is 0. The third kappa shape index (κ3) is 3.99. The number of morpholine rings is 1. The number of carbonyl (C=O) groups is 1. The Kier molecular flexibility index (Phi) is 5.05. The van der Waals surface area contributed by atoms with E-state index in [0.717, 1.165) is 6.54 Å². The van der Waals surface area contributed by atoms with Gasteiger partial charge >= 0.3 is 0 Å². The van der Waals surface area contributed by atoms with Crippen LogP contribution in [0.3, 0.4) is 0 Å². The zero-order chi connectivity index (χ0) is 14.5. The number of nitrogens with one attached hydrogen (secondary N) is 2. The van der Waals surface area contributed by atoms with Crippen LogP contribution in [0.1, 0.15) is 6.42 Å². The van der Waals surface area contributed by atoms with E-state index in [1.54, 1.807) is 6.07 Å². The second-order valence-electron chi connectivity index (χ2n) is 4.37. The molecule has 1 unspecified atom stereocenters. The summed E-state index contributed by atoms with van der Waals surface area (Å²) >= 11 is 3.09. The van der Waals surface area contributed by atoms with E-state index in [-0.39, 0.29) is 24.1 Å². The van der Waals surface area contributed by atoms with Crippen LogP contribution in [0.5, 0.6) is 0 Å². The fourth-order valence-electron chi connectivity index (χ4n) is 1.90. The number of anilines is 1. The summed E-state index contributed by atoms with van der Waals surface area (Å²) in [5.74, 6) is -0.227. The minimum absolute atomic E-state index is 0.0848. The number of nitrogens with zero attached hydrogens (tertiary/aromatic N) is 1. The summed E-state index contributed by atoms with van der Waals surface area (Å²) < 4.78 is 5.80. The molecule has 0 aliphatic carbocycles. The molecule has 7 nitrogen and oxygen atoms in total. The Morgan fingerprint density at radius 3 is 3.05 bits per heavy atom. The highest BCUT2D eigenvalue weighted by atomic mass is 79.9. The van der Waals surface area contributed by atoms with Crippen molar-refractivity contribution < 1.29 is 14.5 Å². The summed E-state index contributed by atoms with van der Waals surface area (Å²) in [6, 6.07) is 4.46. The normalized spacial score (nSPS) is 18.6. The van der Waals surface area contributed by atoms with Gasteiger partial charge in [-0.25, -0.2) is 0 Å². The quantitative estimate of drug-likeness (QED) is 0.640. The van der Waals surface area contributed by atoms with Gasteiger partial charge in [0.2, 0.25) is 5.91 Å².